The van der Waals surface area contributed by atoms with Crippen LogP contribution in [-0.4, -0.2) is 15.0 Å². The molecule has 0 N–H and O–H groups in total. The van der Waals surface area contributed by atoms with Gasteiger partial charge in [0.1, 0.15) is 0 Å². The number of rotatable bonds is 5. The average Bonchev–Trinajstić information content (AvgIpc) is 3.05. The van der Waals surface area contributed by atoms with Gasteiger partial charge >= 0.3 is 0 Å². The van der Waals surface area contributed by atoms with E-state index in [1.807, 2.05) is 48.5 Å². The van der Waals surface area contributed by atoms with Gasteiger partial charge < -0.3 is 0 Å². The molecule has 0 aliphatic rings. The maximum Gasteiger partial charge on any atom is 0.226 e. The Morgan fingerprint density at radius 1 is 0.317 bits per heavy atom. The van der Waals surface area contributed by atoms with Gasteiger partial charge in [-0.15, -0.1) is 0 Å². The lowest BCUT2D eigenvalue weighted by molar-refractivity contribution is 1.07. The zero-order chi connectivity index (χ0) is 27.6. The molecule has 0 amide bonds. The Balaban J connectivity index is 1.32. The second-order valence-electron chi connectivity index (χ2n) is 9.93. The predicted octanol–water partition coefficient (Wildman–Crippen LogP) is 10.0. The Kier molecular flexibility index (Phi) is 6.56. The van der Waals surface area contributed by atoms with Gasteiger partial charge in [0.15, 0.2) is 11.6 Å². The van der Waals surface area contributed by atoms with Gasteiger partial charge in [-0.05, 0) is 86.1 Å². The SMILES string of the molecule is Clc1nc(-c2cc(-c3ccccc3)cc(-c3ccccc3)c2)nc(-c2ccc3cc(-c4ccccc4)ccc3c2)n1. The third kappa shape index (κ3) is 5.23. The summed E-state index contributed by atoms with van der Waals surface area (Å²) in [6.07, 6.45) is 0. The zero-order valence-corrected chi connectivity index (χ0v) is 22.8. The van der Waals surface area contributed by atoms with Crippen LogP contribution >= 0.6 is 11.6 Å². The van der Waals surface area contributed by atoms with E-state index in [1.54, 1.807) is 0 Å². The molecular weight excluding hydrogens is 522 g/mol. The van der Waals surface area contributed by atoms with Crippen LogP contribution in [0.25, 0.3) is 66.9 Å². The summed E-state index contributed by atoms with van der Waals surface area (Å²) < 4.78 is 0. The van der Waals surface area contributed by atoms with Crippen molar-refractivity contribution < 1.29 is 0 Å². The van der Waals surface area contributed by atoms with E-state index >= 15 is 0 Å². The molecule has 1 heterocycles. The molecule has 194 valence electrons. The molecule has 0 spiro atoms. The van der Waals surface area contributed by atoms with Crippen molar-refractivity contribution in [1.29, 1.82) is 0 Å². The van der Waals surface area contributed by atoms with E-state index < -0.39 is 0 Å². The van der Waals surface area contributed by atoms with Crippen LogP contribution in [0.3, 0.4) is 0 Å². The molecule has 0 radical (unpaired) electrons. The molecule has 0 atom stereocenters. The first-order valence-corrected chi connectivity index (χ1v) is 13.8. The van der Waals surface area contributed by atoms with Gasteiger partial charge in [0.2, 0.25) is 5.28 Å². The maximum absolute atomic E-state index is 6.51. The van der Waals surface area contributed by atoms with Crippen LogP contribution in [-0.2, 0) is 0 Å². The molecule has 0 fully saturated rings. The number of aromatic nitrogens is 3. The van der Waals surface area contributed by atoms with Gasteiger partial charge in [-0.1, -0.05) is 115 Å². The number of nitrogens with zero attached hydrogens (tertiary/aromatic N) is 3. The highest BCUT2D eigenvalue weighted by atomic mass is 35.5. The monoisotopic (exact) mass is 545 g/mol. The van der Waals surface area contributed by atoms with E-state index in [0.717, 1.165) is 44.2 Å². The summed E-state index contributed by atoms with van der Waals surface area (Å²) >= 11 is 6.51. The van der Waals surface area contributed by atoms with Crippen molar-refractivity contribution in [2.75, 3.05) is 0 Å². The minimum absolute atomic E-state index is 0.163. The number of halogens is 1. The standard InChI is InChI=1S/C37H24ClN3/c38-37-40-35(31-19-18-29-20-28(16-17-30(29)21-31)25-10-4-1-5-11-25)39-36(41-37)34-23-32(26-12-6-2-7-13-26)22-33(24-34)27-14-8-3-9-15-27/h1-24H. The van der Waals surface area contributed by atoms with Crippen molar-refractivity contribution in [2.24, 2.45) is 0 Å². The predicted molar refractivity (Wildman–Crippen MR) is 170 cm³/mol. The van der Waals surface area contributed by atoms with Crippen molar-refractivity contribution in [3.05, 3.63) is 151 Å². The van der Waals surface area contributed by atoms with Crippen molar-refractivity contribution in [3.8, 4) is 56.2 Å². The van der Waals surface area contributed by atoms with Crippen molar-refractivity contribution >= 4 is 22.4 Å². The molecule has 1 aromatic heterocycles. The fourth-order valence-corrected chi connectivity index (χ4v) is 5.31. The van der Waals surface area contributed by atoms with E-state index in [1.165, 1.54) is 11.1 Å². The van der Waals surface area contributed by atoms with E-state index in [4.69, 9.17) is 16.6 Å². The molecule has 7 aromatic rings. The Labute approximate surface area is 243 Å². The lowest BCUT2D eigenvalue weighted by Gasteiger charge is -2.11. The van der Waals surface area contributed by atoms with Crippen LogP contribution in [0.15, 0.2) is 146 Å². The summed E-state index contributed by atoms with van der Waals surface area (Å²) in [6.45, 7) is 0. The van der Waals surface area contributed by atoms with Crippen LogP contribution in [0.2, 0.25) is 5.28 Å². The van der Waals surface area contributed by atoms with Crippen LogP contribution in [0.4, 0.5) is 0 Å². The molecule has 41 heavy (non-hydrogen) atoms. The number of benzene rings is 6. The molecule has 7 rings (SSSR count). The summed E-state index contributed by atoms with van der Waals surface area (Å²) in [5.74, 6) is 1.08. The minimum Gasteiger partial charge on any atom is -0.208 e. The second-order valence-corrected chi connectivity index (χ2v) is 10.3. The molecular formula is C37H24ClN3. The van der Waals surface area contributed by atoms with Crippen LogP contribution in [0, 0.1) is 0 Å². The largest absolute Gasteiger partial charge is 0.226 e. The zero-order valence-electron chi connectivity index (χ0n) is 22.1. The normalized spacial score (nSPS) is 11.0. The van der Waals surface area contributed by atoms with Gasteiger partial charge in [-0.25, -0.2) is 4.98 Å². The molecule has 0 aliphatic heterocycles. The van der Waals surface area contributed by atoms with Crippen molar-refractivity contribution in [2.45, 2.75) is 0 Å². The highest BCUT2D eigenvalue weighted by molar-refractivity contribution is 6.28. The third-order valence-corrected chi connectivity index (χ3v) is 7.39. The smallest absolute Gasteiger partial charge is 0.208 e. The van der Waals surface area contributed by atoms with Crippen molar-refractivity contribution in [1.82, 2.24) is 15.0 Å². The first kappa shape index (κ1) is 24.9. The molecule has 4 heteroatoms. The van der Waals surface area contributed by atoms with Crippen LogP contribution in [0.5, 0.6) is 0 Å². The highest BCUT2D eigenvalue weighted by Crippen LogP contribution is 2.33. The van der Waals surface area contributed by atoms with Gasteiger partial charge in [-0.3, -0.25) is 0 Å². The van der Waals surface area contributed by atoms with E-state index in [9.17, 15) is 0 Å². The molecule has 0 unspecified atom stereocenters. The van der Waals surface area contributed by atoms with Crippen LogP contribution < -0.4 is 0 Å². The number of hydrogen-bond donors (Lipinski definition) is 0. The molecule has 0 saturated carbocycles. The molecule has 6 aromatic carbocycles. The quantitative estimate of drug-likeness (QED) is 0.216. The molecule has 0 aliphatic carbocycles. The Morgan fingerprint density at radius 3 is 1.27 bits per heavy atom. The third-order valence-electron chi connectivity index (χ3n) is 7.22. The highest BCUT2D eigenvalue weighted by Gasteiger charge is 2.13. The van der Waals surface area contributed by atoms with Gasteiger partial charge in [0.05, 0.1) is 0 Å². The fraction of sp³-hybridized carbons (Fsp3) is 0. The molecule has 0 bridgehead atoms. The van der Waals surface area contributed by atoms with Gasteiger partial charge in [0, 0.05) is 11.1 Å². The average molecular weight is 546 g/mol. The molecule has 0 saturated heterocycles. The van der Waals surface area contributed by atoms with E-state index in [2.05, 4.69) is 107 Å². The number of fused-ring (bicyclic) bond motifs is 1. The lowest BCUT2D eigenvalue weighted by atomic mass is 9.96. The second kappa shape index (κ2) is 10.8. The van der Waals surface area contributed by atoms with Crippen molar-refractivity contribution in [3.63, 3.8) is 0 Å². The number of hydrogen-bond acceptors (Lipinski definition) is 3. The van der Waals surface area contributed by atoms with Gasteiger partial charge in [-0.2, -0.15) is 9.97 Å². The van der Waals surface area contributed by atoms with Crippen LogP contribution in [0.1, 0.15) is 0 Å². The first-order chi connectivity index (χ1) is 20.2. The summed E-state index contributed by atoms with van der Waals surface area (Å²) in [4.78, 5) is 14.0. The van der Waals surface area contributed by atoms with Gasteiger partial charge in [0.25, 0.3) is 0 Å². The summed E-state index contributed by atoms with van der Waals surface area (Å²) in [5, 5.41) is 2.42. The Bertz CT molecular complexity index is 1930. The molecule has 3 nitrogen and oxygen atoms in total. The Hall–Kier alpha value is -5.12. The summed E-state index contributed by atoms with van der Waals surface area (Å²) in [6, 6.07) is 50.2. The van der Waals surface area contributed by atoms with E-state index in [-0.39, 0.29) is 5.28 Å². The minimum atomic E-state index is 0.163. The lowest BCUT2D eigenvalue weighted by Crippen LogP contribution is -1.98. The summed E-state index contributed by atoms with van der Waals surface area (Å²) in [5.41, 5.74) is 8.55. The first-order valence-electron chi connectivity index (χ1n) is 13.5. The maximum atomic E-state index is 6.51. The van der Waals surface area contributed by atoms with E-state index in [0.29, 0.717) is 11.6 Å². The summed E-state index contributed by atoms with van der Waals surface area (Å²) in [7, 11) is 0. The fourth-order valence-electron chi connectivity index (χ4n) is 5.15. The topological polar surface area (TPSA) is 38.7 Å². The Morgan fingerprint density at radius 2 is 0.732 bits per heavy atom.